The summed E-state index contributed by atoms with van der Waals surface area (Å²) in [6, 6.07) is 0.112. The maximum atomic E-state index is 12.2. The lowest BCUT2D eigenvalue weighted by Crippen LogP contribution is -2.48. The Morgan fingerprint density at radius 2 is 1.95 bits per heavy atom. The Kier molecular flexibility index (Phi) is 4.76. The zero-order valence-electron chi connectivity index (χ0n) is 11.3. The van der Waals surface area contributed by atoms with Gasteiger partial charge in [-0.1, -0.05) is 0 Å². The molecule has 6 heteroatoms. The van der Waals surface area contributed by atoms with E-state index in [1.807, 2.05) is 4.90 Å². The van der Waals surface area contributed by atoms with Gasteiger partial charge in [-0.05, 0) is 32.2 Å². The number of nitrogens with zero attached hydrogens (tertiary/aromatic N) is 2. The van der Waals surface area contributed by atoms with Crippen LogP contribution in [-0.2, 0) is 9.59 Å². The fraction of sp³-hybridized carbons (Fsp3) is 0.846. The van der Waals surface area contributed by atoms with Crippen molar-refractivity contribution in [2.75, 3.05) is 32.8 Å². The Bertz CT molecular complexity index is 348. The number of nitrogens with two attached hydrogens (primary N) is 1. The standard InChI is InChI=1S/C13H23N3O3/c14-13(19)10-3-1-6-16(7-10)12(18)8-15-5-2-4-11(15)9-17/h10-11,17H,1-9H2,(H2,14,19). The molecule has 3 N–H and O–H groups in total. The molecule has 2 heterocycles. The molecule has 2 rings (SSSR count). The van der Waals surface area contributed by atoms with Gasteiger partial charge >= 0.3 is 0 Å². The maximum absolute atomic E-state index is 12.2. The lowest BCUT2D eigenvalue weighted by atomic mass is 9.97. The molecular formula is C13H23N3O3. The van der Waals surface area contributed by atoms with E-state index in [0.717, 1.165) is 32.2 Å². The number of carbonyl (C=O) groups is 2. The fourth-order valence-electron chi connectivity index (χ4n) is 3.02. The van der Waals surface area contributed by atoms with Crippen LogP contribution in [0.25, 0.3) is 0 Å². The zero-order valence-corrected chi connectivity index (χ0v) is 11.3. The number of likely N-dealkylation sites (tertiary alicyclic amines) is 2. The van der Waals surface area contributed by atoms with Crippen LogP contribution in [-0.4, -0.2) is 65.5 Å². The van der Waals surface area contributed by atoms with Gasteiger partial charge in [0.15, 0.2) is 0 Å². The third kappa shape index (κ3) is 3.45. The van der Waals surface area contributed by atoms with Crippen LogP contribution >= 0.6 is 0 Å². The molecule has 2 aliphatic heterocycles. The van der Waals surface area contributed by atoms with Crippen molar-refractivity contribution in [1.82, 2.24) is 9.80 Å². The highest BCUT2D eigenvalue weighted by molar-refractivity contribution is 5.81. The van der Waals surface area contributed by atoms with E-state index >= 15 is 0 Å². The summed E-state index contributed by atoms with van der Waals surface area (Å²) in [6.45, 7) is 2.48. The molecule has 0 aliphatic carbocycles. The van der Waals surface area contributed by atoms with Gasteiger partial charge in [0, 0.05) is 19.1 Å². The van der Waals surface area contributed by atoms with Crippen LogP contribution in [0.1, 0.15) is 25.7 Å². The zero-order chi connectivity index (χ0) is 13.8. The molecule has 0 aromatic carbocycles. The van der Waals surface area contributed by atoms with Crippen molar-refractivity contribution in [3.8, 4) is 0 Å². The Labute approximate surface area is 113 Å². The van der Waals surface area contributed by atoms with Gasteiger partial charge in [0.2, 0.25) is 11.8 Å². The predicted octanol–water partition coefficient (Wildman–Crippen LogP) is -0.833. The number of aliphatic hydroxyl groups excluding tert-OH is 1. The van der Waals surface area contributed by atoms with Gasteiger partial charge in [-0.3, -0.25) is 14.5 Å². The molecular weight excluding hydrogens is 246 g/mol. The van der Waals surface area contributed by atoms with Crippen molar-refractivity contribution in [3.63, 3.8) is 0 Å². The van der Waals surface area contributed by atoms with E-state index in [-0.39, 0.29) is 30.4 Å². The number of aliphatic hydroxyl groups is 1. The molecule has 0 radical (unpaired) electrons. The first-order chi connectivity index (χ1) is 9.11. The third-order valence-corrected chi connectivity index (χ3v) is 4.22. The Hall–Kier alpha value is -1.14. The average Bonchev–Trinajstić information content (AvgIpc) is 2.86. The largest absolute Gasteiger partial charge is 0.395 e. The van der Waals surface area contributed by atoms with Crippen LogP contribution in [0.15, 0.2) is 0 Å². The number of piperidine rings is 1. The second-order valence-corrected chi connectivity index (χ2v) is 5.53. The summed E-state index contributed by atoms with van der Waals surface area (Å²) in [5.74, 6) is -0.469. The minimum atomic E-state index is -0.313. The summed E-state index contributed by atoms with van der Waals surface area (Å²) in [5.41, 5.74) is 5.32. The van der Waals surface area contributed by atoms with E-state index in [1.54, 1.807) is 4.90 Å². The minimum Gasteiger partial charge on any atom is -0.395 e. The SMILES string of the molecule is NC(=O)C1CCCN(C(=O)CN2CCCC2CO)C1. The molecule has 0 aromatic heterocycles. The summed E-state index contributed by atoms with van der Waals surface area (Å²) in [4.78, 5) is 27.2. The Morgan fingerprint density at radius 1 is 1.21 bits per heavy atom. The second-order valence-electron chi connectivity index (χ2n) is 5.53. The molecule has 2 unspecified atom stereocenters. The first-order valence-corrected chi connectivity index (χ1v) is 7.04. The quantitative estimate of drug-likeness (QED) is 0.697. The molecule has 2 amide bonds. The molecule has 0 aromatic rings. The van der Waals surface area contributed by atoms with E-state index in [9.17, 15) is 14.7 Å². The van der Waals surface area contributed by atoms with Crippen LogP contribution in [0.2, 0.25) is 0 Å². The summed E-state index contributed by atoms with van der Waals surface area (Å²) in [5, 5.41) is 9.25. The molecule has 6 nitrogen and oxygen atoms in total. The molecule has 2 atom stereocenters. The highest BCUT2D eigenvalue weighted by Gasteiger charge is 2.30. The van der Waals surface area contributed by atoms with E-state index in [4.69, 9.17) is 5.73 Å². The number of carbonyl (C=O) groups excluding carboxylic acids is 2. The first-order valence-electron chi connectivity index (χ1n) is 7.04. The summed E-state index contributed by atoms with van der Waals surface area (Å²) < 4.78 is 0. The number of amides is 2. The fourth-order valence-corrected chi connectivity index (χ4v) is 3.02. The van der Waals surface area contributed by atoms with Crippen LogP contribution in [0.5, 0.6) is 0 Å². The normalized spacial score (nSPS) is 28.6. The number of rotatable bonds is 4. The van der Waals surface area contributed by atoms with Crippen LogP contribution in [0.4, 0.5) is 0 Å². The molecule has 0 spiro atoms. The van der Waals surface area contributed by atoms with E-state index in [0.29, 0.717) is 19.6 Å². The van der Waals surface area contributed by atoms with Gasteiger partial charge in [0.25, 0.3) is 0 Å². The summed E-state index contributed by atoms with van der Waals surface area (Å²) >= 11 is 0. The van der Waals surface area contributed by atoms with Gasteiger partial charge in [-0.2, -0.15) is 0 Å². The lowest BCUT2D eigenvalue weighted by molar-refractivity contribution is -0.136. The van der Waals surface area contributed by atoms with Gasteiger partial charge in [-0.15, -0.1) is 0 Å². The van der Waals surface area contributed by atoms with Crippen molar-refractivity contribution in [3.05, 3.63) is 0 Å². The molecule has 19 heavy (non-hydrogen) atoms. The van der Waals surface area contributed by atoms with Gasteiger partial charge in [-0.25, -0.2) is 0 Å². The van der Waals surface area contributed by atoms with Crippen molar-refractivity contribution in [1.29, 1.82) is 0 Å². The highest BCUT2D eigenvalue weighted by Crippen LogP contribution is 2.19. The van der Waals surface area contributed by atoms with Crippen molar-refractivity contribution in [2.24, 2.45) is 11.7 Å². The van der Waals surface area contributed by atoms with Crippen LogP contribution < -0.4 is 5.73 Å². The van der Waals surface area contributed by atoms with Gasteiger partial charge in [0.05, 0.1) is 19.1 Å². The van der Waals surface area contributed by atoms with Crippen molar-refractivity contribution in [2.45, 2.75) is 31.7 Å². The molecule has 0 bridgehead atoms. The van der Waals surface area contributed by atoms with E-state index in [1.165, 1.54) is 0 Å². The Morgan fingerprint density at radius 3 is 2.63 bits per heavy atom. The Balaban J connectivity index is 1.87. The molecule has 2 fully saturated rings. The second kappa shape index (κ2) is 6.34. The molecule has 0 saturated carbocycles. The van der Waals surface area contributed by atoms with Crippen LogP contribution in [0, 0.1) is 5.92 Å². The molecule has 108 valence electrons. The van der Waals surface area contributed by atoms with Crippen molar-refractivity contribution < 1.29 is 14.7 Å². The summed E-state index contributed by atoms with van der Waals surface area (Å²) in [7, 11) is 0. The number of hydrogen-bond donors (Lipinski definition) is 2. The predicted molar refractivity (Wildman–Crippen MR) is 70.2 cm³/mol. The van der Waals surface area contributed by atoms with Gasteiger partial charge < -0.3 is 15.7 Å². The van der Waals surface area contributed by atoms with E-state index < -0.39 is 0 Å². The number of hydrogen-bond acceptors (Lipinski definition) is 4. The monoisotopic (exact) mass is 269 g/mol. The van der Waals surface area contributed by atoms with Gasteiger partial charge in [0.1, 0.15) is 0 Å². The highest BCUT2D eigenvalue weighted by atomic mass is 16.3. The molecule has 2 saturated heterocycles. The smallest absolute Gasteiger partial charge is 0.236 e. The third-order valence-electron chi connectivity index (χ3n) is 4.22. The maximum Gasteiger partial charge on any atom is 0.236 e. The lowest BCUT2D eigenvalue weighted by Gasteiger charge is -2.33. The van der Waals surface area contributed by atoms with Crippen molar-refractivity contribution >= 4 is 11.8 Å². The minimum absolute atomic E-state index is 0.0475. The van der Waals surface area contributed by atoms with Crippen LogP contribution in [0.3, 0.4) is 0 Å². The first kappa shape index (κ1) is 14.3. The average molecular weight is 269 g/mol. The van der Waals surface area contributed by atoms with E-state index in [2.05, 4.69) is 0 Å². The molecule has 2 aliphatic rings. The topological polar surface area (TPSA) is 86.9 Å². The number of primary amides is 1. The summed E-state index contributed by atoms with van der Waals surface area (Å²) in [6.07, 6.45) is 3.60.